The van der Waals surface area contributed by atoms with Gasteiger partial charge >= 0.3 is 0 Å². The average Bonchev–Trinajstić information content (AvgIpc) is 3.04. The van der Waals surface area contributed by atoms with Crippen LogP contribution in [0.1, 0.15) is 33.7 Å². The van der Waals surface area contributed by atoms with E-state index >= 15 is 0 Å². The summed E-state index contributed by atoms with van der Waals surface area (Å²) in [7, 11) is -3.87. The third-order valence-corrected chi connectivity index (χ3v) is 7.17. The molecule has 0 fully saturated rings. The van der Waals surface area contributed by atoms with Gasteiger partial charge in [-0.25, -0.2) is 8.42 Å². The van der Waals surface area contributed by atoms with Crippen molar-refractivity contribution in [3.05, 3.63) is 52.6 Å². The fourth-order valence-corrected chi connectivity index (χ4v) is 5.04. The fraction of sp³-hybridized carbons (Fsp3) is 0.333. The first-order valence-corrected chi connectivity index (χ1v) is 11.6. The largest absolute Gasteiger partial charge is 0.493 e. The number of fused-ring (bicyclic) bond motifs is 1. The van der Waals surface area contributed by atoms with Crippen LogP contribution in [0.5, 0.6) is 5.88 Å². The molecular weight excluding hydrogens is 434 g/mol. The number of nitrogens with zero attached hydrogens (tertiary/aromatic N) is 5. The maximum atomic E-state index is 12.7. The zero-order chi connectivity index (χ0) is 23.6. The van der Waals surface area contributed by atoms with Crippen molar-refractivity contribution >= 4 is 38.0 Å². The molecule has 0 amide bonds. The van der Waals surface area contributed by atoms with E-state index in [9.17, 15) is 23.6 Å². The number of hydrogen-bond donors (Lipinski definition) is 1. The van der Waals surface area contributed by atoms with Crippen LogP contribution in [0.4, 0.5) is 17.1 Å². The zero-order valence-corrected chi connectivity index (χ0v) is 19.1. The maximum Gasteiger partial charge on any atom is 0.298 e. The quantitative estimate of drug-likeness (QED) is 0.278. The Morgan fingerprint density at radius 1 is 1.12 bits per heavy atom. The Bertz CT molecular complexity index is 1290. The predicted molar refractivity (Wildman–Crippen MR) is 121 cm³/mol. The molecule has 0 aliphatic carbocycles. The summed E-state index contributed by atoms with van der Waals surface area (Å²) in [6.07, 6.45) is 0. The Morgan fingerprint density at radius 3 is 2.38 bits per heavy atom. The molecule has 0 bridgehead atoms. The molecule has 32 heavy (non-hydrogen) atoms. The second kappa shape index (κ2) is 9.05. The second-order valence-electron chi connectivity index (χ2n) is 7.35. The van der Waals surface area contributed by atoms with E-state index in [1.165, 1.54) is 16.4 Å². The lowest BCUT2D eigenvalue weighted by molar-refractivity contribution is -0.384. The molecule has 0 aliphatic heterocycles. The Labute approximate surface area is 186 Å². The number of nitro groups is 1. The molecule has 0 spiro atoms. The minimum absolute atomic E-state index is 0.0530. The van der Waals surface area contributed by atoms with Crippen LogP contribution in [0.3, 0.4) is 0 Å². The van der Waals surface area contributed by atoms with Gasteiger partial charge < -0.3 is 9.67 Å². The summed E-state index contributed by atoms with van der Waals surface area (Å²) in [6, 6.07) is 10.7. The average molecular weight is 460 g/mol. The minimum atomic E-state index is -3.87. The maximum absolute atomic E-state index is 12.7. The highest BCUT2D eigenvalue weighted by Gasteiger charge is 2.26. The van der Waals surface area contributed by atoms with Gasteiger partial charge in [-0.3, -0.25) is 10.1 Å². The van der Waals surface area contributed by atoms with E-state index in [0.717, 1.165) is 11.6 Å². The lowest BCUT2D eigenvalue weighted by atomic mass is 10.2. The minimum Gasteiger partial charge on any atom is -0.493 e. The molecule has 0 aliphatic rings. The Morgan fingerprint density at radius 2 is 1.78 bits per heavy atom. The van der Waals surface area contributed by atoms with Crippen molar-refractivity contribution in [3.63, 3.8) is 0 Å². The molecule has 0 unspecified atom stereocenters. The number of hydrogen-bond acceptors (Lipinski definition) is 7. The van der Waals surface area contributed by atoms with Crippen LogP contribution in [0.25, 0.3) is 10.9 Å². The topological polar surface area (TPSA) is 130 Å². The summed E-state index contributed by atoms with van der Waals surface area (Å²) < 4.78 is 28.4. The summed E-state index contributed by atoms with van der Waals surface area (Å²) in [5.41, 5.74) is 0.330. The van der Waals surface area contributed by atoms with E-state index in [-0.39, 0.29) is 41.3 Å². The van der Waals surface area contributed by atoms with Crippen molar-refractivity contribution in [2.45, 2.75) is 38.6 Å². The molecule has 3 aromatic rings. The van der Waals surface area contributed by atoms with Gasteiger partial charge in [0.05, 0.1) is 15.3 Å². The molecular formula is C21H25N5O5S. The molecule has 10 nitrogen and oxygen atoms in total. The van der Waals surface area contributed by atoms with E-state index in [0.29, 0.717) is 5.39 Å². The van der Waals surface area contributed by atoms with E-state index < -0.39 is 20.6 Å². The predicted octanol–water partition coefficient (Wildman–Crippen LogP) is 5.28. The van der Waals surface area contributed by atoms with Crippen molar-refractivity contribution in [2.75, 3.05) is 13.1 Å². The van der Waals surface area contributed by atoms with Gasteiger partial charge in [0, 0.05) is 30.6 Å². The smallest absolute Gasteiger partial charge is 0.298 e. The normalized spacial score (nSPS) is 12.4. The standard InChI is InChI=1S/C21H25N5O5S/c1-5-24(6-2)32(30,31)15-11-12-17(19(13-15)26(28)29)22-23-20-16-9-7-8-10-18(16)25(14(3)4)21(20)27/h7-14,27H,5-6H2,1-4H3. The van der Waals surface area contributed by atoms with Gasteiger partial charge in [-0.1, -0.05) is 32.0 Å². The first-order chi connectivity index (χ1) is 15.1. The molecule has 1 heterocycles. The van der Waals surface area contributed by atoms with Gasteiger partial charge in [0.1, 0.15) is 0 Å². The number of azo groups is 1. The highest BCUT2D eigenvalue weighted by molar-refractivity contribution is 7.89. The van der Waals surface area contributed by atoms with Crippen molar-refractivity contribution in [1.82, 2.24) is 8.87 Å². The van der Waals surface area contributed by atoms with Crippen LogP contribution < -0.4 is 0 Å². The molecule has 0 saturated heterocycles. The number of aromatic hydroxyl groups is 1. The lowest BCUT2D eigenvalue weighted by Crippen LogP contribution is -2.30. The fourth-order valence-electron chi connectivity index (χ4n) is 3.56. The summed E-state index contributed by atoms with van der Waals surface area (Å²) in [6.45, 7) is 7.69. The number of sulfonamides is 1. The molecule has 1 N–H and O–H groups in total. The van der Waals surface area contributed by atoms with E-state index in [1.54, 1.807) is 30.5 Å². The lowest BCUT2D eigenvalue weighted by Gasteiger charge is -2.18. The number of nitro benzene ring substituents is 1. The molecule has 11 heteroatoms. The molecule has 0 saturated carbocycles. The first-order valence-electron chi connectivity index (χ1n) is 10.2. The molecule has 0 atom stereocenters. The first kappa shape index (κ1) is 23.4. The van der Waals surface area contributed by atoms with Gasteiger partial charge in [0.25, 0.3) is 5.69 Å². The van der Waals surface area contributed by atoms with Gasteiger partial charge in [-0.15, -0.1) is 10.2 Å². The molecule has 0 radical (unpaired) electrons. The van der Waals surface area contributed by atoms with Gasteiger partial charge in [-0.05, 0) is 32.0 Å². The SMILES string of the molecule is CCN(CC)S(=O)(=O)c1ccc(N=Nc2c(O)n(C(C)C)c3ccccc23)c([N+](=O)[O-])c1. The van der Waals surface area contributed by atoms with Crippen LogP contribution in [0.15, 0.2) is 57.6 Å². The molecule has 3 rings (SSSR count). The van der Waals surface area contributed by atoms with Crippen LogP contribution in [0.2, 0.25) is 0 Å². The summed E-state index contributed by atoms with van der Waals surface area (Å²) in [5, 5.41) is 31.1. The van der Waals surface area contributed by atoms with Gasteiger partial charge in [0.2, 0.25) is 15.9 Å². The number of rotatable bonds is 8. The zero-order valence-electron chi connectivity index (χ0n) is 18.3. The summed E-state index contributed by atoms with van der Waals surface area (Å²) >= 11 is 0. The molecule has 1 aromatic heterocycles. The highest BCUT2D eigenvalue weighted by Crippen LogP contribution is 2.42. The van der Waals surface area contributed by atoms with Crippen molar-refractivity contribution in [3.8, 4) is 5.88 Å². The number of para-hydroxylation sites is 1. The number of aromatic nitrogens is 1. The van der Waals surface area contributed by atoms with Crippen LogP contribution in [-0.4, -0.2) is 40.4 Å². The van der Waals surface area contributed by atoms with E-state index in [4.69, 9.17) is 0 Å². The Hall–Kier alpha value is -3.31. The third-order valence-electron chi connectivity index (χ3n) is 5.12. The van der Waals surface area contributed by atoms with Crippen LogP contribution in [-0.2, 0) is 10.0 Å². The van der Waals surface area contributed by atoms with Crippen molar-refractivity contribution in [1.29, 1.82) is 0 Å². The summed E-state index contributed by atoms with van der Waals surface area (Å²) in [5.74, 6) is -0.103. The number of benzene rings is 2. The highest BCUT2D eigenvalue weighted by atomic mass is 32.2. The van der Waals surface area contributed by atoms with Crippen molar-refractivity contribution in [2.24, 2.45) is 10.2 Å². The third kappa shape index (κ3) is 4.08. The molecule has 170 valence electrons. The second-order valence-corrected chi connectivity index (χ2v) is 9.29. The van der Waals surface area contributed by atoms with Crippen LogP contribution >= 0.6 is 0 Å². The van der Waals surface area contributed by atoms with Gasteiger partial charge in [-0.2, -0.15) is 4.31 Å². The van der Waals surface area contributed by atoms with E-state index in [2.05, 4.69) is 10.2 Å². The van der Waals surface area contributed by atoms with Crippen LogP contribution in [0, 0.1) is 10.1 Å². The monoisotopic (exact) mass is 459 g/mol. The van der Waals surface area contributed by atoms with Gasteiger partial charge in [0.15, 0.2) is 11.4 Å². The summed E-state index contributed by atoms with van der Waals surface area (Å²) in [4.78, 5) is 10.7. The molecule has 2 aromatic carbocycles. The Kier molecular flexibility index (Phi) is 6.60. The van der Waals surface area contributed by atoms with E-state index in [1.807, 2.05) is 26.0 Å². The van der Waals surface area contributed by atoms with Crippen molar-refractivity contribution < 1.29 is 18.4 Å². The Balaban J connectivity index is 2.11.